The molecule has 0 heterocycles. The average molecular weight is 198 g/mol. The minimum absolute atomic E-state index is 0.137. The molecule has 0 rings (SSSR count). The summed E-state index contributed by atoms with van der Waals surface area (Å²) >= 11 is 0. The molecule has 0 unspecified atom stereocenters. The van der Waals surface area contributed by atoms with Crippen LogP contribution in [0, 0.1) is 0 Å². The van der Waals surface area contributed by atoms with Crippen LogP contribution in [-0.2, 0) is 9.53 Å². The number of carbonyl (C=O) groups excluding carboxylic acids is 1. The average Bonchev–Trinajstić information content (AvgIpc) is 2.16. The summed E-state index contributed by atoms with van der Waals surface area (Å²) in [5.74, 6) is -0.152. The quantitative estimate of drug-likeness (QED) is 0.419. The van der Waals surface area contributed by atoms with E-state index >= 15 is 0 Å². The van der Waals surface area contributed by atoms with Crippen LogP contribution in [0.2, 0.25) is 0 Å². The van der Waals surface area contributed by atoms with Crippen molar-refractivity contribution in [2.24, 2.45) is 0 Å². The number of hydrogen-bond acceptors (Lipinski definition) is 3. The maximum atomic E-state index is 11.1. The number of allylic oxidation sites excluding steroid dienone is 3. The molecule has 0 aliphatic carbocycles. The van der Waals surface area contributed by atoms with Gasteiger partial charge in [0.1, 0.15) is 5.76 Å². The second-order valence-corrected chi connectivity index (χ2v) is 2.79. The number of rotatable bonds is 5. The van der Waals surface area contributed by atoms with Crippen molar-refractivity contribution in [3.8, 4) is 0 Å². The second-order valence-electron chi connectivity index (χ2n) is 2.79. The van der Waals surface area contributed by atoms with Crippen molar-refractivity contribution < 1.29 is 14.6 Å². The summed E-state index contributed by atoms with van der Waals surface area (Å²) < 4.78 is 4.80. The largest absolute Gasteiger partial charge is 0.508 e. The van der Waals surface area contributed by atoms with Gasteiger partial charge in [0.25, 0.3) is 0 Å². The summed E-state index contributed by atoms with van der Waals surface area (Å²) in [6, 6.07) is 0. The molecule has 0 saturated carbocycles. The first-order valence-corrected chi connectivity index (χ1v) is 4.85. The van der Waals surface area contributed by atoms with Crippen LogP contribution in [0.4, 0.5) is 0 Å². The highest BCUT2D eigenvalue weighted by atomic mass is 16.5. The lowest BCUT2D eigenvalue weighted by Crippen LogP contribution is -2.06. The standard InChI is InChI=1S/C11H18O3/c1-4-7-9(10(12)5-2)8-11(13)14-6-3/h5,7,12H,4,6,8H2,1-3H3/b9-7-,10-5+. The summed E-state index contributed by atoms with van der Waals surface area (Å²) in [5, 5.41) is 9.45. The fourth-order valence-electron chi connectivity index (χ4n) is 1.07. The van der Waals surface area contributed by atoms with Crippen LogP contribution in [-0.4, -0.2) is 17.7 Å². The maximum Gasteiger partial charge on any atom is 0.310 e. The summed E-state index contributed by atoms with van der Waals surface area (Å²) in [5.41, 5.74) is 0.633. The van der Waals surface area contributed by atoms with Crippen molar-refractivity contribution >= 4 is 5.97 Å². The van der Waals surface area contributed by atoms with Gasteiger partial charge in [-0.1, -0.05) is 13.0 Å². The highest BCUT2D eigenvalue weighted by Gasteiger charge is 2.09. The molecule has 0 aliphatic heterocycles. The first-order valence-electron chi connectivity index (χ1n) is 4.85. The fourth-order valence-corrected chi connectivity index (χ4v) is 1.07. The molecule has 0 aromatic rings. The van der Waals surface area contributed by atoms with Gasteiger partial charge in [-0.15, -0.1) is 0 Å². The fraction of sp³-hybridized carbons (Fsp3) is 0.545. The molecule has 3 heteroatoms. The van der Waals surface area contributed by atoms with Crippen molar-refractivity contribution in [2.75, 3.05) is 6.61 Å². The van der Waals surface area contributed by atoms with E-state index in [9.17, 15) is 9.90 Å². The van der Waals surface area contributed by atoms with Gasteiger partial charge in [-0.05, 0) is 26.3 Å². The van der Waals surface area contributed by atoms with E-state index in [0.29, 0.717) is 12.2 Å². The van der Waals surface area contributed by atoms with Gasteiger partial charge >= 0.3 is 5.97 Å². The number of carbonyl (C=O) groups is 1. The van der Waals surface area contributed by atoms with Crippen molar-refractivity contribution in [3.05, 3.63) is 23.5 Å². The number of aliphatic hydroxyl groups excluding tert-OH is 1. The normalized spacial score (nSPS) is 12.8. The van der Waals surface area contributed by atoms with Gasteiger partial charge in [0, 0.05) is 5.57 Å². The smallest absolute Gasteiger partial charge is 0.310 e. The summed E-state index contributed by atoms with van der Waals surface area (Å²) in [6.07, 6.45) is 4.32. The minimum Gasteiger partial charge on any atom is -0.508 e. The van der Waals surface area contributed by atoms with Crippen molar-refractivity contribution in [1.82, 2.24) is 0 Å². The topological polar surface area (TPSA) is 46.5 Å². The van der Waals surface area contributed by atoms with E-state index in [4.69, 9.17) is 4.74 Å². The molecule has 0 aliphatic rings. The number of hydrogen-bond donors (Lipinski definition) is 1. The molecule has 0 aromatic carbocycles. The summed E-state index contributed by atoms with van der Waals surface area (Å²) in [6.45, 7) is 5.81. The van der Waals surface area contributed by atoms with E-state index in [-0.39, 0.29) is 18.1 Å². The molecular weight excluding hydrogens is 180 g/mol. The van der Waals surface area contributed by atoms with E-state index in [0.717, 1.165) is 6.42 Å². The zero-order chi connectivity index (χ0) is 11.0. The third-order valence-corrected chi connectivity index (χ3v) is 1.69. The molecule has 0 spiro atoms. The molecule has 0 bridgehead atoms. The lowest BCUT2D eigenvalue weighted by molar-refractivity contribution is -0.142. The predicted octanol–water partition coefficient (Wildman–Crippen LogP) is 2.74. The molecule has 80 valence electrons. The molecule has 0 fully saturated rings. The van der Waals surface area contributed by atoms with Gasteiger partial charge in [0.15, 0.2) is 0 Å². The first kappa shape index (κ1) is 12.8. The first-order chi connectivity index (χ1) is 6.65. The van der Waals surface area contributed by atoms with E-state index < -0.39 is 0 Å². The molecule has 14 heavy (non-hydrogen) atoms. The van der Waals surface area contributed by atoms with Gasteiger partial charge in [-0.3, -0.25) is 4.79 Å². The minimum atomic E-state index is -0.305. The van der Waals surface area contributed by atoms with Gasteiger partial charge < -0.3 is 9.84 Å². The van der Waals surface area contributed by atoms with Gasteiger partial charge in [0.05, 0.1) is 13.0 Å². The molecule has 3 nitrogen and oxygen atoms in total. The highest BCUT2D eigenvalue weighted by molar-refractivity contribution is 5.73. The Balaban J connectivity index is 4.39. The SMILES string of the molecule is C/C=C(O)\C(=C/CC)CC(=O)OCC. The molecule has 0 atom stereocenters. The van der Waals surface area contributed by atoms with E-state index in [2.05, 4.69) is 0 Å². The zero-order valence-corrected chi connectivity index (χ0v) is 9.04. The van der Waals surface area contributed by atoms with E-state index in [1.165, 1.54) is 0 Å². The number of aliphatic hydroxyl groups is 1. The summed E-state index contributed by atoms with van der Waals surface area (Å²) in [4.78, 5) is 11.1. The Morgan fingerprint density at radius 2 is 2.07 bits per heavy atom. The molecule has 0 aromatic heterocycles. The van der Waals surface area contributed by atoms with Crippen LogP contribution < -0.4 is 0 Å². The van der Waals surface area contributed by atoms with Crippen molar-refractivity contribution in [3.63, 3.8) is 0 Å². The monoisotopic (exact) mass is 198 g/mol. The van der Waals surface area contributed by atoms with Crippen LogP contribution in [0.15, 0.2) is 23.5 Å². The molecule has 1 N–H and O–H groups in total. The van der Waals surface area contributed by atoms with Gasteiger partial charge in [-0.2, -0.15) is 0 Å². The van der Waals surface area contributed by atoms with Crippen LogP contribution in [0.5, 0.6) is 0 Å². The Morgan fingerprint density at radius 1 is 1.43 bits per heavy atom. The number of ether oxygens (including phenoxy) is 1. The Morgan fingerprint density at radius 3 is 2.50 bits per heavy atom. The van der Waals surface area contributed by atoms with Crippen LogP contribution in [0.1, 0.15) is 33.6 Å². The van der Waals surface area contributed by atoms with Gasteiger partial charge in [-0.25, -0.2) is 0 Å². The predicted molar refractivity (Wildman–Crippen MR) is 56.0 cm³/mol. The highest BCUT2D eigenvalue weighted by Crippen LogP contribution is 2.13. The lowest BCUT2D eigenvalue weighted by atomic mass is 10.1. The second kappa shape index (κ2) is 7.18. The zero-order valence-electron chi connectivity index (χ0n) is 9.04. The summed E-state index contributed by atoms with van der Waals surface area (Å²) in [7, 11) is 0. The Labute approximate surface area is 85.1 Å². The molecular formula is C11H18O3. The Kier molecular flexibility index (Phi) is 6.54. The Bertz CT molecular complexity index is 239. The lowest BCUT2D eigenvalue weighted by Gasteiger charge is -2.05. The van der Waals surface area contributed by atoms with Gasteiger partial charge in [0.2, 0.25) is 0 Å². The number of esters is 1. The third-order valence-electron chi connectivity index (χ3n) is 1.69. The Hall–Kier alpha value is -1.25. The molecule has 0 amide bonds. The third kappa shape index (κ3) is 4.70. The van der Waals surface area contributed by atoms with E-state index in [1.54, 1.807) is 19.9 Å². The van der Waals surface area contributed by atoms with Crippen LogP contribution >= 0.6 is 0 Å². The van der Waals surface area contributed by atoms with E-state index in [1.807, 2.05) is 13.0 Å². The maximum absolute atomic E-state index is 11.1. The molecule has 0 radical (unpaired) electrons. The van der Waals surface area contributed by atoms with Crippen LogP contribution in [0.25, 0.3) is 0 Å². The molecule has 0 saturated heterocycles. The van der Waals surface area contributed by atoms with Crippen LogP contribution in [0.3, 0.4) is 0 Å². The van der Waals surface area contributed by atoms with Crippen molar-refractivity contribution in [2.45, 2.75) is 33.6 Å². The van der Waals surface area contributed by atoms with Crippen molar-refractivity contribution in [1.29, 1.82) is 0 Å².